The molecule has 1 heterocycles. The maximum Gasteiger partial charge on any atom is 0.226 e. The molecule has 2 rings (SSSR count). The van der Waals surface area contributed by atoms with E-state index >= 15 is 0 Å². The summed E-state index contributed by atoms with van der Waals surface area (Å²) >= 11 is 0. The van der Waals surface area contributed by atoms with E-state index in [1.54, 1.807) is 0 Å². The number of piperidine rings is 1. The smallest absolute Gasteiger partial charge is 0.226 e. The second-order valence-corrected chi connectivity index (χ2v) is 7.14. The van der Waals surface area contributed by atoms with Gasteiger partial charge in [-0.05, 0) is 38.2 Å². The van der Waals surface area contributed by atoms with Gasteiger partial charge in [-0.3, -0.25) is 9.59 Å². The van der Waals surface area contributed by atoms with E-state index in [1.165, 1.54) is 5.56 Å². The molecule has 1 aliphatic rings. The first-order valence-electron chi connectivity index (χ1n) is 9.67. The molecule has 1 fully saturated rings. The summed E-state index contributed by atoms with van der Waals surface area (Å²) in [5.41, 5.74) is 2.27. The molecule has 0 aromatic heterocycles. The molecule has 138 valence electrons. The first-order valence-corrected chi connectivity index (χ1v) is 9.67. The van der Waals surface area contributed by atoms with Gasteiger partial charge in [-0.1, -0.05) is 43.7 Å². The molecule has 0 spiro atoms. The highest BCUT2D eigenvalue weighted by atomic mass is 16.2. The number of nitrogens with zero attached hydrogens (tertiary/aromatic N) is 2. The van der Waals surface area contributed by atoms with Crippen LogP contribution in [0.2, 0.25) is 0 Å². The number of amides is 2. The fourth-order valence-corrected chi connectivity index (χ4v) is 3.50. The Balaban J connectivity index is 1.84. The number of carbonyl (C=O) groups is 2. The topological polar surface area (TPSA) is 40.6 Å². The molecule has 1 aliphatic heterocycles. The molecule has 0 atom stereocenters. The quantitative estimate of drug-likeness (QED) is 0.760. The van der Waals surface area contributed by atoms with Crippen LogP contribution in [0.3, 0.4) is 0 Å². The molecule has 0 unspecified atom stereocenters. The number of carbonyl (C=O) groups excluding carboxylic acids is 2. The van der Waals surface area contributed by atoms with Crippen molar-refractivity contribution < 1.29 is 9.59 Å². The Morgan fingerprint density at radius 2 is 1.60 bits per heavy atom. The summed E-state index contributed by atoms with van der Waals surface area (Å²) in [6, 6.07) is 8.14. The summed E-state index contributed by atoms with van der Waals surface area (Å²) in [6.45, 7) is 9.37. The lowest BCUT2D eigenvalue weighted by atomic mass is 9.94. The van der Waals surface area contributed by atoms with E-state index in [1.807, 2.05) is 41.0 Å². The van der Waals surface area contributed by atoms with Gasteiger partial charge in [0.25, 0.3) is 0 Å². The first-order chi connectivity index (χ1) is 12.0. The summed E-state index contributed by atoms with van der Waals surface area (Å²) in [7, 11) is 0. The van der Waals surface area contributed by atoms with Crippen molar-refractivity contribution >= 4 is 11.8 Å². The van der Waals surface area contributed by atoms with Crippen molar-refractivity contribution in [2.75, 3.05) is 26.2 Å². The number of hydrogen-bond donors (Lipinski definition) is 0. The summed E-state index contributed by atoms with van der Waals surface area (Å²) in [4.78, 5) is 29.1. The maximum absolute atomic E-state index is 12.7. The Bertz CT molecular complexity index is 554. The van der Waals surface area contributed by atoms with Gasteiger partial charge in [0, 0.05) is 32.1 Å². The van der Waals surface area contributed by atoms with Crippen LogP contribution in [-0.2, 0) is 16.0 Å². The van der Waals surface area contributed by atoms with Crippen LogP contribution >= 0.6 is 0 Å². The molecule has 25 heavy (non-hydrogen) atoms. The van der Waals surface area contributed by atoms with Gasteiger partial charge in [0.2, 0.25) is 11.8 Å². The molecule has 0 radical (unpaired) electrons. The predicted molar refractivity (Wildman–Crippen MR) is 101 cm³/mol. The van der Waals surface area contributed by atoms with E-state index < -0.39 is 0 Å². The lowest BCUT2D eigenvalue weighted by molar-refractivity contribution is -0.140. The van der Waals surface area contributed by atoms with Crippen LogP contribution in [0.5, 0.6) is 0 Å². The summed E-state index contributed by atoms with van der Waals surface area (Å²) in [5.74, 6) is 0.546. The van der Waals surface area contributed by atoms with Gasteiger partial charge in [0.1, 0.15) is 0 Å². The fraction of sp³-hybridized carbons (Fsp3) is 0.619. The average molecular weight is 344 g/mol. The van der Waals surface area contributed by atoms with E-state index in [0.29, 0.717) is 19.5 Å². The van der Waals surface area contributed by atoms with E-state index in [0.717, 1.165) is 44.3 Å². The summed E-state index contributed by atoms with van der Waals surface area (Å²) in [5, 5.41) is 0. The maximum atomic E-state index is 12.7. The van der Waals surface area contributed by atoms with Crippen molar-refractivity contribution in [3.05, 3.63) is 35.4 Å². The summed E-state index contributed by atoms with van der Waals surface area (Å²) in [6.07, 6.45) is 4.04. The molecule has 0 aliphatic carbocycles. The Labute approximate surface area is 152 Å². The Kier molecular flexibility index (Phi) is 7.48. The first kappa shape index (κ1) is 19.5. The normalized spacial score (nSPS) is 15.2. The van der Waals surface area contributed by atoms with Crippen molar-refractivity contribution in [3.63, 3.8) is 0 Å². The highest BCUT2D eigenvalue weighted by Gasteiger charge is 2.29. The Morgan fingerprint density at radius 1 is 1.04 bits per heavy atom. The van der Waals surface area contributed by atoms with E-state index in [4.69, 9.17) is 0 Å². The minimum atomic E-state index is 0.0847. The largest absolute Gasteiger partial charge is 0.342 e. The van der Waals surface area contributed by atoms with Gasteiger partial charge in [0.15, 0.2) is 0 Å². The SMILES string of the molecule is CCCN(CCC)C(=O)C1CCN(C(=O)Cc2ccc(C)cc2)CC1. The molecular formula is C21H32N2O2. The van der Waals surface area contributed by atoms with Crippen molar-refractivity contribution in [3.8, 4) is 0 Å². The number of benzene rings is 1. The lowest BCUT2D eigenvalue weighted by Gasteiger charge is -2.34. The number of likely N-dealkylation sites (tertiary alicyclic amines) is 1. The van der Waals surface area contributed by atoms with Crippen molar-refractivity contribution in [1.82, 2.24) is 9.80 Å². The molecule has 4 heteroatoms. The number of hydrogen-bond acceptors (Lipinski definition) is 2. The third-order valence-electron chi connectivity index (χ3n) is 4.97. The second kappa shape index (κ2) is 9.59. The Hall–Kier alpha value is -1.84. The molecule has 1 saturated heterocycles. The van der Waals surface area contributed by atoms with Crippen LogP contribution in [0.1, 0.15) is 50.7 Å². The zero-order chi connectivity index (χ0) is 18.2. The van der Waals surface area contributed by atoms with Crippen molar-refractivity contribution in [1.29, 1.82) is 0 Å². The highest BCUT2D eigenvalue weighted by molar-refractivity contribution is 5.81. The molecule has 0 saturated carbocycles. The van der Waals surface area contributed by atoms with Crippen LogP contribution < -0.4 is 0 Å². The van der Waals surface area contributed by atoms with E-state index in [2.05, 4.69) is 13.8 Å². The molecule has 2 amide bonds. The van der Waals surface area contributed by atoms with E-state index in [-0.39, 0.29) is 17.7 Å². The molecule has 4 nitrogen and oxygen atoms in total. The predicted octanol–water partition coefficient (Wildman–Crippen LogP) is 3.42. The minimum absolute atomic E-state index is 0.0847. The number of rotatable bonds is 7. The van der Waals surface area contributed by atoms with Gasteiger partial charge in [-0.25, -0.2) is 0 Å². The van der Waals surface area contributed by atoms with Crippen LogP contribution in [0.15, 0.2) is 24.3 Å². The highest BCUT2D eigenvalue weighted by Crippen LogP contribution is 2.21. The van der Waals surface area contributed by atoms with Crippen molar-refractivity contribution in [2.45, 2.75) is 52.9 Å². The molecular weight excluding hydrogens is 312 g/mol. The zero-order valence-electron chi connectivity index (χ0n) is 16.0. The van der Waals surface area contributed by atoms with Crippen LogP contribution in [0, 0.1) is 12.8 Å². The third-order valence-corrected chi connectivity index (χ3v) is 4.97. The van der Waals surface area contributed by atoms with Gasteiger partial charge in [-0.15, -0.1) is 0 Å². The molecule has 1 aromatic rings. The van der Waals surface area contributed by atoms with Crippen LogP contribution in [0.4, 0.5) is 0 Å². The lowest BCUT2D eigenvalue weighted by Crippen LogP contribution is -2.45. The molecule has 1 aromatic carbocycles. The Morgan fingerprint density at radius 3 is 2.12 bits per heavy atom. The van der Waals surface area contributed by atoms with Gasteiger partial charge >= 0.3 is 0 Å². The summed E-state index contributed by atoms with van der Waals surface area (Å²) < 4.78 is 0. The van der Waals surface area contributed by atoms with Gasteiger partial charge in [0.05, 0.1) is 6.42 Å². The van der Waals surface area contributed by atoms with Crippen molar-refractivity contribution in [2.24, 2.45) is 5.92 Å². The standard InChI is InChI=1S/C21H32N2O2/c1-4-12-23(13-5-2)21(25)19-10-14-22(15-11-19)20(24)16-18-8-6-17(3)7-9-18/h6-9,19H,4-5,10-16H2,1-3H3. The van der Waals surface area contributed by atoms with Crippen LogP contribution in [0.25, 0.3) is 0 Å². The fourth-order valence-electron chi connectivity index (χ4n) is 3.50. The zero-order valence-corrected chi connectivity index (χ0v) is 16.0. The van der Waals surface area contributed by atoms with Crippen LogP contribution in [-0.4, -0.2) is 47.8 Å². The molecule has 0 N–H and O–H groups in total. The third kappa shape index (κ3) is 5.58. The van der Waals surface area contributed by atoms with Gasteiger partial charge < -0.3 is 9.80 Å². The van der Waals surface area contributed by atoms with Gasteiger partial charge in [-0.2, -0.15) is 0 Å². The molecule has 0 bridgehead atoms. The average Bonchev–Trinajstić information content (AvgIpc) is 2.63. The van der Waals surface area contributed by atoms with E-state index in [9.17, 15) is 9.59 Å². The second-order valence-electron chi connectivity index (χ2n) is 7.14. The number of aryl methyl sites for hydroxylation is 1. The minimum Gasteiger partial charge on any atom is -0.342 e. The monoisotopic (exact) mass is 344 g/mol.